The van der Waals surface area contributed by atoms with Crippen molar-refractivity contribution in [2.45, 2.75) is 45.7 Å². The van der Waals surface area contributed by atoms with Gasteiger partial charge in [-0.15, -0.1) is 0 Å². The van der Waals surface area contributed by atoms with Crippen LogP contribution >= 0.6 is 0 Å². The van der Waals surface area contributed by atoms with E-state index in [4.69, 9.17) is 0 Å². The molecule has 0 amide bonds. The minimum absolute atomic E-state index is 0.422. The van der Waals surface area contributed by atoms with Crippen molar-refractivity contribution < 1.29 is 0 Å². The molecule has 2 aromatic carbocycles. The summed E-state index contributed by atoms with van der Waals surface area (Å²) in [5.41, 5.74) is 5.58. The Morgan fingerprint density at radius 2 is 1.78 bits per heavy atom. The summed E-state index contributed by atoms with van der Waals surface area (Å²) in [6.07, 6.45) is 2.33. The Bertz CT molecular complexity index is 636. The molecule has 23 heavy (non-hydrogen) atoms. The van der Waals surface area contributed by atoms with Crippen LogP contribution in [-0.2, 0) is 6.42 Å². The Kier molecular flexibility index (Phi) is 5.02. The highest BCUT2D eigenvalue weighted by molar-refractivity contribution is 5.59. The maximum atomic E-state index is 3.82. The third kappa shape index (κ3) is 3.00. The van der Waals surface area contributed by atoms with Crippen molar-refractivity contribution in [3.63, 3.8) is 0 Å². The first-order valence-corrected chi connectivity index (χ1v) is 9.04. The van der Waals surface area contributed by atoms with Gasteiger partial charge in [-0.2, -0.15) is 0 Å². The molecular formula is C21H28N2. The predicted octanol–water partition coefficient (Wildman–Crippen LogP) is 5.09. The molecule has 2 heteroatoms. The molecule has 4 rings (SSSR count). The molecular weight excluding hydrogens is 280 g/mol. The van der Waals surface area contributed by atoms with Gasteiger partial charge in [-0.25, -0.2) is 0 Å². The first-order chi connectivity index (χ1) is 11.4. The maximum Gasteiger partial charge on any atom is 0.0560 e. The molecule has 1 fully saturated rings. The molecule has 0 radical (unpaired) electrons. The highest BCUT2D eigenvalue weighted by Gasteiger charge is 2.39. The summed E-state index contributed by atoms with van der Waals surface area (Å²) in [4.78, 5) is 0. The lowest BCUT2D eigenvalue weighted by molar-refractivity contribution is 0.391. The van der Waals surface area contributed by atoms with Crippen molar-refractivity contribution in [1.29, 1.82) is 0 Å². The number of benzene rings is 2. The van der Waals surface area contributed by atoms with Crippen LogP contribution in [0.15, 0.2) is 48.5 Å². The summed E-state index contributed by atoms with van der Waals surface area (Å²) in [5.74, 6) is 0.646. The van der Waals surface area contributed by atoms with E-state index in [1.165, 1.54) is 28.8 Å². The van der Waals surface area contributed by atoms with Gasteiger partial charge in [-0.3, -0.25) is 0 Å². The normalized spacial score (nSPS) is 24.7. The molecule has 0 spiro atoms. The second-order valence-electron chi connectivity index (χ2n) is 6.19. The molecule has 2 aliphatic rings. The van der Waals surface area contributed by atoms with Crippen LogP contribution in [0, 0.1) is 5.92 Å². The Morgan fingerprint density at radius 1 is 1.00 bits per heavy atom. The molecule has 2 N–H and O–H groups in total. The van der Waals surface area contributed by atoms with Crippen molar-refractivity contribution in [3.8, 4) is 0 Å². The summed E-state index contributed by atoms with van der Waals surface area (Å²) in [7, 11) is 0. The van der Waals surface area contributed by atoms with Crippen LogP contribution in [0.25, 0.3) is 0 Å². The topological polar surface area (TPSA) is 24.1 Å². The highest BCUT2D eigenvalue weighted by atomic mass is 15.0. The van der Waals surface area contributed by atoms with Crippen molar-refractivity contribution in [1.82, 2.24) is 5.32 Å². The average molecular weight is 308 g/mol. The summed E-state index contributed by atoms with van der Waals surface area (Å²) < 4.78 is 0. The van der Waals surface area contributed by atoms with Gasteiger partial charge in [0.2, 0.25) is 0 Å². The van der Waals surface area contributed by atoms with E-state index in [1.54, 1.807) is 0 Å². The van der Waals surface area contributed by atoms with Crippen LogP contribution < -0.4 is 10.6 Å². The van der Waals surface area contributed by atoms with E-state index in [1.807, 2.05) is 13.8 Å². The standard InChI is InChI=1S/C19H22N2.C2H6/c1-2-13-8-9-15-17(12-13)21-18(14-6-4-3-5-7-14)16-10-11-20-19(15)16;1-2/h3-9,12,16,18-21H,2,10-11H2,1H3;1-2H3. The number of hydrogen-bond acceptors (Lipinski definition) is 2. The summed E-state index contributed by atoms with van der Waals surface area (Å²) in [6.45, 7) is 7.34. The van der Waals surface area contributed by atoms with Gasteiger partial charge in [-0.1, -0.05) is 63.2 Å². The maximum absolute atomic E-state index is 3.82. The largest absolute Gasteiger partial charge is 0.378 e. The minimum atomic E-state index is 0.422. The second-order valence-corrected chi connectivity index (χ2v) is 6.19. The van der Waals surface area contributed by atoms with Crippen molar-refractivity contribution >= 4 is 5.69 Å². The monoisotopic (exact) mass is 308 g/mol. The van der Waals surface area contributed by atoms with Gasteiger partial charge in [0.05, 0.1) is 6.04 Å². The van der Waals surface area contributed by atoms with Crippen LogP contribution in [0.4, 0.5) is 5.69 Å². The molecule has 2 aromatic rings. The van der Waals surface area contributed by atoms with Gasteiger partial charge in [0.25, 0.3) is 0 Å². The Morgan fingerprint density at radius 3 is 2.52 bits per heavy atom. The lowest BCUT2D eigenvalue weighted by atomic mass is 9.80. The molecule has 122 valence electrons. The molecule has 3 unspecified atom stereocenters. The van der Waals surface area contributed by atoms with E-state index < -0.39 is 0 Å². The smallest absolute Gasteiger partial charge is 0.0560 e. The second kappa shape index (κ2) is 7.18. The molecule has 0 aromatic heterocycles. The molecule has 0 bridgehead atoms. The van der Waals surface area contributed by atoms with Gasteiger partial charge < -0.3 is 10.6 Å². The highest BCUT2D eigenvalue weighted by Crippen LogP contribution is 2.47. The first-order valence-electron chi connectivity index (χ1n) is 9.04. The minimum Gasteiger partial charge on any atom is -0.378 e. The van der Waals surface area contributed by atoms with Crippen molar-refractivity contribution in [3.05, 3.63) is 65.2 Å². The zero-order valence-corrected chi connectivity index (χ0v) is 14.5. The van der Waals surface area contributed by atoms with Gasteiger partial charge in [0, 0.05) is 17.6 Å². The third-order valence-electron chi connectivity index (χ3n) is 5.03. The van der Waals surface area contributed by atoms with Gasteiger partial charge in [0.1, 0.15) is 0 Å². The van der Waals surface area contributed by atoms with E-state index in [0.717, 1.165) is 13.0 Å². The van der Waals surface area contributed by atoms with E-state index in [-0.39, 0.29) is 0 Å². The van der Waals surface area contributed by atoms with Crippen LogP contribution in [0.5, 0.6) is 0 Å². The van der Waals surface area contributed by atoms with Gasteiger partial charge >= 0.3 is 0 Å². The number of fused-ring (bicyclic) bond motifs is 3. The summed E-state index contributed by atoms with van der Waals surface area (Å²) >= 11 is 0. The Hall–Kier alpha value is -1.80. The van der Waals surface area contributed by atoms with Crippen molar-refractivity contribution in [2.75, 3.05) is 11.9 Å². The van der Waals surface area contributed by atoms with E-state index in [2.05, 4.69) is 66.1 Å². The molecule has 0 saturated carbocycles. The fourth-order valence-corrected chi connectivity index (χ4v) is 3.91. The lowest BCUT2D eigenvalue weighted by Gasteiger charge is -2.37. The molecule has 1 saturated heterocycles. The van der Waals surface area contributed by atoms with E-state index in [0.29, 0.717) is 18.0 Å². The summed E-state index contributed by atoms with van der Waals surface area (Å²) in [6, 6.07) is 18.7. The third-order valence-corrected chi connectivity index (χ3v) is 5.03. The van der Waals surface area contributed by atoms with Crippen molar-refractivity contribution in [2.24, 2.45) is 5.92 Å². The lowest BCUT2D eigenvalue weighted by Crippen LogP contribution is -2.32. The molecule has 2 heterocycles. The summed E-state index contributed by atoms with van der Waals surface area (Å²) in [5, 5.41) is 7.53. The molecule has 0 aliphatic carbocycles. The van der Waals surface area contributed by atoms with Gasteiger partial charge in [0.15, 0.2) is 0 Å². The first kappa shape index (κ1) is 16.1. The number of aryl methyl sites for hydroxylation is 1. The fraction of sp³-hybridized carbons (Fsp3) is 0.429. The molecule has 2 aliphatic heterocycles. The van der Waals surface area contributed by atoms with Crippen LogP contribution in [0.1, 0.15) is 56.0 Å². The SMILES string of the molecule is CC.CCc1ccc2c(c1)NC(c1ccccc1)C1CCNC21. The molecule has 3 atom stereocenters. The van der Waals surface area contributed by atoms with Gasteiger partial charge in [-0.05, 0) is 42.1 Å². The van der Waals surface area contributed by atoms with E-state index >= 15 is 0 Å². The van der Waals surface area contributed by atoms with Crippen LogP contribution in [0.2, 0.25) is 0 Å². The fourth-order valence-electron chi connectivity index (χ4n) is 3.91. The van der Waals surface area contributed by atoms with Crippen LogP contribution in [-0.4, -0.2) is 6.54 Å². The number of hydrogen-bond donors (Lipinski definition) is 2. The van der Waals surface area contributed by atoms with E-state index in [9.17, 15) is 0 Å². The number of anilines is 1. The Balaban J connectivity index is 0.000000753. The number of nitrogens with one attached hydrogen (secondary N) is 2. The number of rotatable bonds is 2. The zero-order valence-electron chi connectivity index (χ0n) is 14.5. The predicted molar refractivity (Wildman–Crippen MR) is 98.8 cm³/mol. The van der Waals surface area contributed by atoms with Crippen LogP contribution in [0.3, 0.4) is 0 Å². The Labute approximate surface area is 140 Å². The quantitative estimate of drug-likeness (QED) is 0.807. The molecule has 2 nitrogen and oxygen atoms in total. The zero-order chi connectivity index (χ0) is 16.2. The average Bonchev–Trinajstić information content (AvgIpc) is 3.13.